The van der Waals surface area contributed by atoms with E-state index in [4.69, 9.17) is 23.2 Å². The largest absolute Gasteiger partial charge is 0.278 e. The lowest BCUT2D eigenvalue weighted by molar-refractivity contribution is -0.119. The molecule has 11 heteroatoms. The van der Waals surface area contributed by atoms with Crippen LogP contribution in [-0.2, 0) is 24.8 Å². The van der Waals surface area contributed by atoms with Crippen LogP contribution in [0.2, 0.25) is 10.0 Å². The number of nitrogens with zero attached hydrogens (tertiary/aromatic N) is 1. The second-order valence-corrected chi connectivity index (χ2v) is 10.8. The van der Waals surface area contributed by atoms with Gasteiger partial charge in [0.1, 0.15) is 0 Å². The SMILES string of the molecule is Cc1cc(N2C(=O)C(C)CS2(=O)=O)ccc1S(=O)(=O)Nc1ccc(Cl)cc1Cl. The van der Waals surface area contributed by atoms with Gasteiger partial charge in [-0.2, -0.15) is 0 Å². The molecule has 28 heavy (non-hydrogen) atoms. The molecule has 150 valence electrons. The Morgan fingerprint density at radius 3 is 2.36 bits per heavy atom. The number of carbonyl (C=O) groups excluding carboxylic acids is 1. The fourth-order valence-electron chi connectivity index (χ4n) is 2.92. The number of nitrogens with one attached hydrogen (secondary N) is 1. The molecule has 1 aliphatic rings. The van der Waals surface area contributed by atoms with Crippen molar-refractivity contribution in [2.75, 3.05) is 14.8 Å². The van der Waals surface area contributed by atoms with Crippen molar-refractivity contribution in [3.05, 3.63) is 52.0 Å². The van der Waals surface area contributed by atoms with Crippen LogP contribution in [0.1, 0.15) is 12.5 Å². The molecule has 0 saturated carbocycles. The number of anilines is 2. The lowest BCUT2D eigenvalue weighted by Gasteiger charge is -2.18. The molecule has 0 radical (unpaired) electrons. The fraction of sp³-hybridized carbons (Fsp3) is 0.235. The summed E-state index contributed by atoms with van der Waals surface area (Å²) in [5.74, 6) is -1.47. The van der Waals surface area contributed by atoms with Gasteiger partial charge < -0.3 is 0 Å². The van der Waals surface area contributed by atoms with E-state index in [-0.39, 0.29) is 32.6 Å². The Hall–Kier alpha value is -1.81. The standard InChI is InChI=1S/C17H16Cl2N2O5S2/c1-10-7-13(21-17(22)11(2)9-27(21,23)24)4-6-16(10)28(25,26)20-15-5-3-12(18)8-14(15)19/h3-8,11,20H,9H2,1-2H3. The number of amides is 1. The first-order valence-electron chi connectivity index (χ1n) is 8.08. The van der Waals surface area contributed by atoms with Crippen LogP contribution in [0, 0.1) is 12.8 Å². The van der Waals surface area contributed by atoms with Gasteiger partial charge in [0, 0.05) is 5.02 Å². The molecule has 0 aliphatic carbocycles. The van der Waals surface area contributed by atoms with Gasteiger partial charge in [-0.25, -0.2) is 21.1 Å². The third-order valence-corrected chi connectivity index (χ3v) is 8.16. The summed E-state index contributed by atoms with van der Waals surface area (Å²) in [5.41, 5.74) is 0.536. The summed E-state index contributed by atoms with van der Waals surface area (Å²) < 4.78 is 53.0. The third-order valence-electron chi connectivity index (χ3n) is 4.22. The Bertz CT molecular complexity index is 1180. The van der Waals surface area contributed by atoms with Gasteiger partial charge in [0.2, 0.25) is 15.9 Å². The summed E-state index contributed by atoms with van der Waals surface area (Å²) in [4.78, 5) is 12.1. The van der Waals surface area contributed by atoms with Crippen molar-refractivity contribution >= 4 is 60.5 Å². The molecule has 3 rings (SSSR count). The maximum Gasteiger partial charge on any atom is 0.262 e. The summed E-state index contributed by atoms with van der Waals surface area (Å²) >= 11 is 11.8. The minimum atomic E-state index is -4.00. The zero-order chi connectivity index (χ0) is 20.9. The molecule has 0 bridgehead atoms. The van der Waals surface area contributed by atoms with E-state index in [2.05, 4.69) is 4.72 Å². The number of sulfonamides is 2. The van der Waals surface area contributed by atoms with E-state index < -0.39 is 31.9 Å². The zero-order valence-electron chi connectivity index (χ0n) is 14.8. The number of carbonyl (C=O) groups is 1. The van der Waals surface area contributed by atoms with E-state index in [0.717, 1.165) is 4.31 Å². The van der Waals surface area contributed by atoms with Crippen LogP contribution >= 0.6 is 23.2 Å². The Labute approximate surface area is 173 Å². The fourth-order valence-corrected chi connectivity index (χ4v) is 6.55. The normalized spacial score (nSPS) is 19.1. The van der Waals surface area contributed by atoms with E-state index in [1.807, 2.05) is 0 Å². The molecule has 7 nitrogen and oxygen atoms in total. The Morgan fingerprint density at radius 1 is 1.14 bits per heavy atom. The quantitative estimate of drug-likeness (QED) is 0.749. The van der Waals surface area contributed by atoms with Crippen molar-refractivity contribution in [1.29, 1.82) is 0 Å². The number of hydrogen-bond acceptors (Lipinski definition) is 5. The van der Waals surface area contributed by atoms with Crippen molar-refractivity contribution in [3.8, 4) is 0 Å². The summed E-state index contributed by atoms with van der Waals surface area (Å²) in [6.45, 7) is 3.05. The number of rotatable bonds is 4. The van der Waals surface area contributed by atoms with E-state index in [1.54, 1.807) is 0 Å². The zero-order valence-corrected chi connectivity index (χ0v) is 18.0. The van der Waals surface area contributed by atoms with Crippen LogP contribution in [-0.4, -0.2) is 28.5 Å². The first kappa shape index (κ1) is 20.9. The van der Waals surface area contributed by atoms with Crippen LogP contribution in [0.5, 0.6) is 0 Å². The van der Waals surface area contributed by atoms with Crippen molar-refractivity contribution in [3.63, 3.8) is 0 Å². The Kier molecular flexibility index (Phi) is 5.39. The number of aryl methyl sites for hydroxylation is 1. The monoisotopic (exact) mass is 462 g/mol. The highest BCUT2D eigenvalue weighted by molar-refractivity contribution is 7.94. The summed E-state index contributed by atoms with van der Waals surface area (Å²) in [5, 5.41) is 0.493. The minimum absolute atomic E-state index is 0.0700. The van der Waals surface area contributed by atoms with Gasteiger partial charge in [-0.3, -0.25) is 9.52 Å². The number of halogens is 2. The summed E-state index contributed by atoms with van der Waals surface area (Å²) in [6.07, 6.45) is 0. The predicted octanol–water partition coefficient (Wildman–Crippen LogP) is 3.42. The maximum absolute atomic E-state index is 12.7. The maximum atomic E-state index is 12.7. The van der Waals surface area contributed by atoms with Crippen molar-refractivity contribution in [2.24, 2.45) is 5.92 Å². The molecule has 1 atom stereocenters. The molecule has 1 saturated heterocycles. The summed E-state index contributed by atoms with van der Waals surface area (Å²) in [7, 11) is -7.78. The van der Waals surface area contributed by atoms with Gasteiger partial charge in [0.05, 0.1) is 33.0 Å². The van der Waals surface area contributed by atoms with Crippen LogP contribution in [0.15, 0.2) is 41.3 Å². The molecule has 1 amide bonds. The Balaban J connectivity index is 1.97. The first-order chi connectivity index (χ1) is 12.9. The van der Waals surface area contributed by atoms with Gasteiger partial charge in [-0.1, -0.05) is 30.1 Å². The van der Waals surface area contributed by atoms with Crippen molar-refractivity contribution < 1.29 is 21.6 Å². The highest BCUT2D eigenvalue weighted by Crippen LogP contribution is 2.32. The predicted molar refractivity (Wildman–Crippen MR) is 109 cm³/mol. The molecule has 1 unspecified atom stereocenters. The van der Waals surface area contributed by atoms with Crippen LogP contribution < -0.4 is 9.03 Å². The van der Waals surface area contributed by atoms with Gasteiger partial charge in [0.25, 0.3) is 10.0 Å². The van der Waals surface area contributed by atoms with Crippen LogP contribution in [0.3, 0.4) is 0 Å². The second kappa shape index (κ2) is 7.22. The lowest BCUT2D eigenvalue weighted by atomic mass is 10.2. The number of benzene rings is 2. The molecule has 1 aliphatic heterocycles. The van der Waals surface area contributed by atoms with Crippen LogP contribution in [0.25, 0.3) is 0 Å². The van der Waals surface area contributed by atoms with Gasteiger partial charge in [0.15, 0.2) is 0 Å². The molecule has 1 heterocycles. The van der Waals surface area contributed by atoms with E-state index in [1.165, 1.54) is 50.2 Å². The molecule has 0 aromatic heterocycles. The van der Waals surface area contributed by atoms with Gasteiger partial charge in [-0.15, -0.1) is 0 Å². The molecular weight excluding hydrogens is 447 g/mol. The lowest BCUT2D eigenvalue weighted by Crippen LogP contribution is -2.30. The van der Waals surface area contributed by atoms with Crippen LogP contribution in [0.4, 0.5) is 11.4 Å². The van der Waals surface area contributed by atoms with Gasteiger partial charge in [-0.05, 0) is 48.9 Å². The smallest absolute Gasteiger partial charge is 0.262 e. The molecule has 0 spiro atoms. The average molecular weight is 463 g/mol. The van der Waals surface area contributed by atoms with E-state index in [9.17, 15) is 21.6 Å². The molecule has 2 aromatic rings. The highest BCUT2D eigenvalue weighted by Gasteiger charge is 2.42. The average Bonchev–Trinajstić information content (AvgIpc) is 2.77. The topological polar surface area (TPSA) is 101 Å². The Morgan fingerprint density at radius 2 is 1.82 bits per heavy atom. The first-order valence-corrected chi connectivity index (χ1v) is 11.9. The van der Waals surface area contributed by atoms with E-state index in [0.29, 0.717) is 5.02 Å². The molecule has 1 fully saturated rings. The highest BCUT2D eigenvalue weighted by atomic mass is 35.5. The molecular formula is C17H16Cl2N2O5S2. The van der Waals surface area contributed by atoms with E-state index >= 15 is 0 Å². The molecule has 2 aromatic carbocycles. The van der Waals surface area contributed by atoms with Gasteiger partial charge >= 0.3 is 0 Å². The minimum Gasteiger partial charge on any atom is -0.278 e. The summed E-state index contributed by atoms with van der Waals surface area (Å²) in [6, 6.07) is 8.23. The number of hydrogen-bond donors (Lipinski definition) is 1. The van der Waals surface area contributed by atoms with Crippen molar-refractivity contribution in [1.82, 2.24) is 0 Å². The molecule has 1 N–H and O–H groups in total. The third kappa shape index (κ3) is 3.84. The van der Waals surface area contributed by atoms with Crippen molar-refractivity contribution in [2.45, 2.75) is 18.7 Å². The second-order valence-electron chi connectivity index (χ2n) is 6.46.